The van der Waals surface area contributed by atoms with Crippen molar-refractivity contribution in [3.63, 3.8) is 0 Å². The van der Waals surface area contributed by atoms with Gasteiger partial charge in [-0.25, -0.2) is 18.0 Å². The second-order valence-corrected chi connectivity index (χ2v) is 6.57. The van der Waals surface area contributed by atoms with Crippen LogP contribution in [-0.4, -0.2) is 44.6 Å². The SMILES string of the molecule is CCOC(=O)C(NS(=O)(=O)c1cccc2cccnc12)C(=O)OCC. The van der Waals surface area contributed by atoms with Gasteiger partial charge >= 0.3 is 11.9 Å². The van der Waals surface area contributed by atoms with Crippen LogP contribution in [0.15, 0.2) is 41.4 Å². The van der Waals surface area contributed by atoms with Crippen LogP contribution in [-0.2, 0) is 29.1 Å². The molecule has 2 aromatic rings. The molecule has 0 aliphatic carbocycles. The van der Waals surface area contributed by atoms with E-state index in [0.717, 1.165) is 0 Å². The van der Waals surface area contributed by atoms with Crippen LogP contribution in [0.5, 0.6) is 0 Å². The summed E-state index contributed by atoms with van der Waals surface area (Å²) in [7, 11) is -4.23. The zero-order valence-corrected chi connectivity index (χ0v) is 14.6. The van der Waals surface area contributed by atoms with Gasteiger partial charge in [0, 0.05) is 11.6 Å². The number of pyridine rings is 1. The molecular formula is C16H18N2O6S. The van der Waals surface area contributed by atoms with Crippen LogP contribution in [0.2, 0.25) is 0 Å². The smallest absolute Gasteiger partial charge is 0.335 e. The number of para-hydroxylation sites is 1. The summed E-state index contributed by atoms with van der Waals surface area (Å²) in [6, 6.07) is 6.17. The zero-order chi connectivity index (χ0) is 18.4. The first-order chi connectivity index (χ1) is 11.9. The summed E-state index contributed by atoms with van der Waals surface area (Å²) in [6.07, 6.45) is 1.45. The van der Waals surface area contributed by atoms with Gasteiger partial charge in [-0.15, -0.1) is 0 Å². The van der Waals surface area contributed by atoms with Crippen molar-refractivity contribution in [2.75, 3.05) is 13.2 Å². The molecule has 0 spiro atoms. The van der Waals surface area contributed by atoms with Crippen molar-refractivity contribution in [1.82, 2.24) is 9.71 Å². The van der Waals surface area contributed by atoms with Gasteiger partial charge < -0.3 is 9.47 Å². The predicted octanol–water partition coefficient (Wildman–Crippen LogP) is 1.01. The molecule has 134 valence electrons. The summed E-state index contributed by atoms with van der Waals surface area (Å²) in [4.78, 5) is 27.8. The summed E-state index contributed by atoms with van der Waals surface area (Å²) in [5.41, 5.74) is 0.226. The first-order valence-electron chi connectivity index (χ1n) is 7.60. The maximum atomic E-state index is 12.7. The second kappa shape index (κ2) is 8.04. The van der Waals surface area contributed by atoms with E-state index >= 15 is 0 Å². The highest BCUT2D eigenvalue weighted by molar-refractivity contribution is 7.89. The van der Waals surface area contributed by atoms with Crippen molar-refractivity contribution >= 4 is 32.9 Å². The molecule has 9 heteroatoms. The largest absolute Gasteiger partial charge is 0.464 e. The summed E-state index contributed by atoms with van der Waals surface area (Å²) >= 11 is 0. The molecular weight excluding hydrogens is 348 g/mol. The molecule has 1 aromatic heterocycles. The van der Waals surface area contributed by atoms with E-state index in [1.165, 1.54) is 12.3 Å². The Hall–Kier alpha value is -2.52. The van der Waals surface area contributed by atoms with E-state index in [1.807, 2.05) is 0 Å². The Labute approximate surface area is 145 Å². The number of esters is 2. The normalized spacial score (nSPS) is 11.5. The van der Waals surface area contributed by atoms with E-state index in [0.29, 0.717) is 5.39 Å². The summed E-state index contributed by atoms with van der Waals surface area (Å²) in [6.45, 7) is 3.07. The minimum Gasteiger partial charge on any atom is -0.464 e. The number of fused-ring (bicyclic) bond motifs is 1. The van der Waals surface area contributed by atoms with Crippen LogP contribution in [0.4, 0.5) is 0 Å². The second-order valence-electron chi connectivity index (χ2n) is 4.89. The molecule has 0 aliphatic rings. The average molecular weight is 366 g/mol. The lowest BCUT2D eigenvalue weighted by atomic mass is 10.2. The highest BCUT2D eigenvalue weighted by atomic mass is 32.2. The van der Waals surface area contributed by atoms with Crippen LogP contribution < -0.4 is 4.72 Å². The Morgan fingerprint density at radius 2 is 1.68 bits per heavy atom. The molecule has 0 atom stereocenters. The number of hydrogen-bond acceptors (Lipinski definition) is 7. The fourth-order valence-corrected chi connectivity index (χ4v) is 3.47. The Morgan fingerprint density at radius 1 is 1.08 bits per heavy atom. The van der Waals surface area contributed by atoms with Gasteiger partial charge in [0.05, 0.1) is 18.7 Å². The first-order valence-corrected chi connectivity index (χ1v) is 9.08. The molecule has 0 saturated heterocycles. The van der Waals surface area contributed by atoms with Crippen LogP contribution >= 0.6 is 0 Å². The van der Waals surface area contributed by atoms with Crippen molar-refractivity contribution < 1.29 is 27.5 Å². The number of hydrogen-bond donors (Lipinski definition) is 1. The number of carbonyl (C=O) groups is 2. The lowest BCUT2D eigenvalue weighted by Crippen LogP contribution is -2.48. The molecule has 0 aliphatic heterocycles. The predicted molar refractivity (Wildman–Crippen MR) is 89.1 cm³/mol. The van der Waals surface area contributed by atoms with Crippen LogP contribution in [0.25, 0.3) is 10.9 Å². The van der Waals surface area contributed by atoms with Gasteiger partial charge in [0.2, 0.25) is 16.1 Å². The maximum absolute atomic E-state index is 12.7. The van der Waals surface area contributed by atoms with Crippen molar-refractivity contribution in [2.45, 2.75) is 24.8 Å². The van der Waals surface area contributed by atoms with E-state index in [2.05, 4.69) is 9.71 Å². The molecule has 0 saturated carbocycles. The number of nitrogens with one attached hydrogen (secondary N) is 1. The minimum absolute atomic E-state index is 0.00765. The summed E-state index contributed by atoms with van der Waals surface area (Å²) in [5.74, 6) is -2.06. The van der Waals surface area contributed by atoms with Crippen molar-refractivity contribution in [2.24, 2.45) is 0 Å². The topological polar surface area (TPSA) is 112 Å². The number of sulfonamides is 1. The lowest BCUT2D eigenvalue weighted by molar-refractivity contribution is -0.157. The van der Waals surface area contributed by atoms with Crippen molar-refractivity contribution in [1.29, 1.82) is 0 Å². The van der Waals surface area contributed by atoms with Crippen LogP contribution in [0, 0.1) is 0 Å². The highest BCUT2D eigenvalue weighted by Crippen LogP contribution is 2.20. The molecule has 0 bridgehead atoms. The third-order valence-electron chi connectivity index (χ3n) is 3.20. The third kappa shape index (κ3) is 4.31. The van der Waals surface area contributed by atoms with Gasteiger partial charge in [-0.05, 0) is 26.0 Å². The van der Waals surface area contributed by atoms with Gasteiger partial charge in [-0.2, -0.15) is 4.72 Å². The molecule has 2 rings (SSSR count). The number of benzene rings is 1. The molecule has 1 heterocycles. The fourth-order valence-electron chi connectivity index (χ4n) is 2.16. The molecule has 1 N–H and O–H groups in total. The van der Waals surface area contributed by atoms with Gasteiger partial charge in [-0.3, -0.25) is 4.98 Å². The van der Waals surface area contributed by atoms with E-state index in [9.17, 15) is 18.0 Å². The fraction of sp³-hybridized carbons (Fsp3) is 0.312. The lowest BCUT2D eigenvalue weighted by Gasteiger charge is -2.16. The Bertz CT molecular complexity index is 858. The van der Waals surface area contributed by atoms with Gasteiger partial charge in [0.25, 0.3) is 0 Å². The molecule has 0 amide bonds. The van der Waals surface area contributed by atoms with Gasteiger partial charge in [-0.1, -0.05) is 18.2 Å². The Kier molecular flexibility index (Phi) is 6.05. The molecule has 0 unspecified atom stereocenters. The number of ether oxygens (including phenoxy) is 2. The standard InChI is InChI=1S/C16H18N2O6S/c1-3-23-15(19)14(16(20)24-4-2)18-25(21,22)12-9-5-7-11-8-6-10-17-13(11)12/h5-10,14,18H,3-4H2,1-2H3. The Balaban J connectivity index is 2.42. The molecule has 25 heavy (non-hydrogen) atoms. The highest BCUT2D eigenvalue weighted by Gasteiger charge is 2.35. The maximum Gasteiger partial charge on any atom is 0.335 e. The Morgan fingerprint density at radius 3 is 2.28 bits per heavy atom. The third-order valence-corrected chi connectivity index (χ3v) is 4.66. The number of rotatable bonds is 7. The summed E-state index contributed by atoms with van der Waals surface area (Å²) < 4.78 is 37.0. The number of carbonyl (C=O) groups excluding carboxylic acids is 2. The molecule has 0 fully saturated rings. The van der Waals surface area contributed by atoms with Crippen molar-refractivity contribution in [3.05, 3.63) is 36.5 Å². The van der Waals surface area contributed by atoms with Crippen molar-refractivity contribution in [3.8, 4) is 0 Å². The first kappa shape index (κ1) is 18.8. The van der Waals surface area contributed by atoms with Crippen LogP contribution in [0.3, 0.4) is 0 Å². The molecule has 1 aromatic carbocycles. The monoisotopic (exact) mass is 366 g/mol. The molecule has 0 radical (unpaired) electrons. The van der Waals surface area contributed by atoms with E-state index < -0.39 is 28.0 Å². The van der Waals surface area contributed by atoms with E-state index in [1.54, 1.807) is 38.1 Å². The van der Waals surface area contributed by atoms with E-state index in [4.69, 9.17) is 9.47 Å². The zero-order valence-electron chi connectivity index (χ0n) is 13.8. The summed E-state index contributed by atoms with van der Waals surface area (Å²) in [5, 5.41) is 0.606. The number of nitrogens with zero attached hydrogens (tertiary/aromatic N) is 1. The molecule has 8 nitrogen and oxygen atoms in total. The quantitative estimate of drug-likeness (QED) is 0.575. The average Bonchev–Trinajstić information content (AvgIpc) is 2.59. The van der Waals surface area contributed by atoms with Gasteiger partial charge in [0.15, 0.2) is 0 Å². The minimum atomic E-state index is -4.23. The van der Waals surface area contributed by atoms with E-state index in [-0.39, 0.29) is 23.6 Å². The van der Waals surface area contributed by atoms with Crippen LogP contribution in [0.1, 0.15) is 13.8 Å². The van der Waals surface area contributed by atoms with Gasteiger partial charge in [0.1, 0.15) is 4.90 Å². The number of aromatic nitrogens is 1.